The Morgan fingerprint density at radius 2 is 1.87 bits per heavy atom. The monoisotopic (exact) mass is 217 g/mol. The highest BCUT2D eigenvalue weighted by Gasteiger charge is 2.47. The molecule has 0 aromatic carbocycles. The van der Waals surface area contributed by atoms with Gasteiger partial charge in [-0.3, -0.25) is 4.90 Å². The van der Waals surface area contributed by atoms with Crippen molar-refractivity contribution in [3.05, 3.63) is 0 Å². The number of aliphatic carboxylic acids is 1. The van der Waals surface area contributed by atoms with Gasteiger partial charge in [0.1, 0.15) is 6.23 Å². The molecule has 6 heteroatoms. The molecule has 15 heavy (non-hydrogen) atoms. The molecule has 0 bridgehead atoms. The third-order valence-corrected chi connectivity index (χ3v) is 2.25. The van der Waals surface area contributed by atoms with Gasteiger partial charge in [-0.05, 0) is 0 Å². The van der Waals surface area contributed by atoms with Gasteiger partial charge < -0.3 is 14.9 Å². The lowest BCUT2D eigenvalue weighted by Crippen LogP contribution is -2.49. The molecule has 86 valence electrons. The molecule has 1 rings (SSSR count). The number of carboxylic acid groups (broad SMARTS) is 2. The summed E-state index contributed by atoms with van der Waals surface area (Å²) < 4.78 is 5.23. The van der Waals surface area contributed by atoms with Crippen LogP contribution in [0.2, 0.25) is 0 Å². The molecule has 1 heterocycles. The lowest BCUT2D eigenvalue weighted by molar-refractivity contribution is -0.142. The minimum atomic E-state index is -1.26. The molecule has 1 aliphatic rings. The first-order valence-corrected chi connectivity index (χ1v) is 4.61. The van der Waals surface area contributed by atoms with Crippen LogP contribution in [0.15, 0.2) is 0 Å². The van der Waals surface area contributed by atoms with E-state index in [-0.39, 0.29) is 6.61 Å². The third-order valence-electron chi connectivity index (χ3n) is 2.25. The summed E-state index contributed by atoms with van der Waals surface area (Å²) in [6, 6.07) is -1.10. The molecule has 1 saturated heterocycles. The predicted octanol–water partition coefficient (Wildman–Crippen LogP) is 0.822. The van der Waals surface area contributed by atoms with Crippen LogP contribution in [0.4, 0.5) is 4.79 Å². The Balaban J connectivity index is 2.95. The number of ether oxygens (including phenoxy) is 1. The summed E-state index contributed by atoms with van der Waals surface area (Å²) in [7, 11) is 0. The van der Waals surface area contributed by atoms with Gasteiger partial charge in [0, 0.05) is 5.41 Å². The van der Waals surface area contributed by atoms with Crippen LogP contribution in [0.1, 0.15) is 20.8 Å². The van der Waals surface area contributed by atoms with Gasteiger partial charge in [0.15, 0.2) is 6.04 Å². The number of hydrogen-bond acceptors (Lipinski definition) is 3. The van der Waals surface area contributed by atoms with Gasteiger partial charge in [0.05, 0.1) is 6.61 Å². The molecule has 1 fully saturated rings. The van der Waals surface area contributed by atoms with Gasteiger partial charge >= 0.3 is 12.1 Å². The maximum Gasteiger partial charge on any atom is 0.410 e. The lowest BCUT2D eigenvalue weighted by atomic mass is 9.93. The highest BCUT2D eigenvalue weighted by atomic mass is 16.5. The Labute approximate surface area is 87.4 Å². The highest BCUT2D eigenvalue weighted by Crippen LogP contribution is 2.31. The van der Waals surface area contributed by atoms with Crippen molar-refractivity contribution in [1.82, 2.24) is 4.90 Å². The van der Waals surface area contributed by atoms with E-state index in [2.05, 4.69) is 0 Å². The molecule has 0 aromatic rings. The van der Waals surface area contributed by atoms with Gasteiger partial charge in [-0.2, -0.15) is 0 Å². The number of hydrogen-bond donors (Lipinski definition) is 2. The molecular weight excluding hydrogens is 202 g/mol. The maximum atomic E-state index is 11.0. The second-order valence-corrected chi connectivity index (χ2v) is 4.60. The number of carbonyl (C=O) groups is 2. The smallest absolute Gasteiger partial charge is 0.410 e. The first-order valence-electron chi connectivity index (χ1n) is 4.61. The van der Waals surface area contributed by atoms with Crippen molar-refractivity contribution < 1.29 is 24.5 Å². The average molecular weight is 217 g/mol. The van der Waals surface area contributed by atoms with E-state index in [1.54, 1.807) is 20.8 Å². The number of carboxylic acids is 1. The molecule has 2 N–H and O–H groups in total. The zero-order chi connectivity index (χ0) is 11.8. The van der Waals surface area contributed by atoms with Crippen LogP contribution in [-0.2, 0) is 9.53 Å². The van der Waals surface area contributed by atoms with Crippen LogP contribution in [0.3, 0.4) is 0 Å². The van der Waals surface area contributed by atoms with E-state index in [9.17, 15) is 9.59 Å². The minimum Gasteiger partial charge on any atom is -0.480 e. The second kappa shape index (κ2) is 3.69. The molecule has 0 radical (unpaired) electrons. The van der Waals surface area contributed by atoms with Crippen molar-refractivity contribution in [2.75, 3.05) is 6.61 Å². The summed E-state index contributed by atoms with van der Waals surface area (Å²) in [5.41, 5.74) is -0.442. The van der Waals surface area contributed by atoms with Crippen molar-refractivity contribution in [2.45, 2.75) is 33.0 Å². The van der Waals surface area contributed by atoms with E-state index in [4.69, 9.17) is 14.9 Å². The predicted molar refractivity (Wildman–Crippen MR) is 50.5 cm³/mol. The summed E-state index contributed by atoms with van der Waals surface area (Å²) in [5, 5.41) is 17.8. The van der Waals surface area contributed by atoms with E-state index < -0.39 is 29.7 Å². The van der Waals surface area contributed by atoms with Gasteiger partial charge in [-0.15, -0.1) is 0 Å². The van der Waals surface area contributed by atoms with Crippen LogP contribution in [0, 0.1) is 5.41 Å². The summed E-state index contributed by atoms with van der Waals surface area (Å²) in [5.74, 6) is -1.18. The Morgan fingerprint density at radius 1 is 1.33 bits per heavy atom. The van der Waals surface area contributed by atoms with E-state index in [0.717, 1.165) is 4.90 Å². The Morgan fingerprint density at radius 3 is 2.20 bits per heavy atom. The largest absolute Gasteiger partial charge is 0.480 e. The molecule has 0 aliphatic carbocycles. The molecular formula is C9H15NO5. The fourth-order valence-electron chi connectivity index (χ4n) is 1.60. The van der Waals surface area contributed by atoms with Crippen LogP contribution in [0.25, 0.3) is 0 Å². The van der Waals surface area contributed by atoms with Crippen LogP contribution >= 0.6 is 0 Å². The van der Waals surface area contributed by atoms with E-state index in [1.807, 2.05) is 0 Å². The highest BCUT2D eigenvalue weighted by molar-refractivity contribution is 5.80. The van der Waals surface area contributed by atoms with Gasteiger partial charge in [0.2, 0.25) is 0 Å². The standard InChI is InChI=1S/C9H15NO5/c1-9(2,3)7-10(8(13)14)5(4-15-7)6(11)12/h5,7H,4H2,1-3H3,(H,11,12)(H,13,14). The molecule has 0 spiro atoms. The van der Waals surface area contributed by atoms with E-state index in [1.165, 1.54) is 0 Å². The van der Waals surface area contributed by atoms with E-state index >= 15 is 0 Å². The minimum absolute atomic E-state index is 0.0937. The van der Waals surface area contributed by atoms with Crippen molar-refractivity contribution in [2.24, 2.45) is 5.41 Å². The van der Waals surface area contributed by atoms with Crippen molar-refractivity contribution in [3.8, 4) is 0 Å². The van der Waals surface area contributed by atoms with Gasteiger partial charge in [-0.1, -0.05) is 20.8 Å². The number of amides is 1. The SMILES string of the molecule is CC(C)(C)C1OCC(C(=O)O)N1C(=O)O. The lowest BCUT2D eigenvalue weighted by Gasteiger charge is -2.32. The van der Waals surface area contributed by atoms with E-state index in [0.29, 0.717) is 0 Å². The number of nitrogens with zero attached hydrogens (tertiary/aromatic N) is 1. The normalized spacial score (nSPS) is 26.7. The summed E-state index contributed by atoms with van der Waals surface area (Å²) in [6.07, 6.45) is -1.98. The third kappa shape index (κ3) is 2.20. The van der Waals surface area contributed by atoms with Crippen LogP contribution in [0.5, 0.6) is 0 Å². The quantitative estimate of drug-likeness (QED) is 0.679. The van der Waals surface area contributed by atoms with Crippen molar-refractivity contribution >= 4 is 12.1 Å². The van der Waals surface area contributed by atoms with Crippen molar-refractivity contribution in [1.29, 1.82) is 0 Å². The molecule has 0 aromatic heterocycles. The zero-order valence-corrected chi connectivity index (χ0v) is 8.93. The Hall–Kier alpha value is -1.30. The molecule has 1 aliphatic heterocycles. The molecule has 2 unspecified atom stereocenters. The number of rotatable bonds is 1. The topological polar surface area (TPSA) is 87.1 Å². The molecule has 1 amide bonds. The van der Waals surface area contributed by atoms with Crippen molar-refractivity contribution in [3.63, 3.8) is 0 Å². The van der Waals surface area contributed by atoms with Gasteiger partial charge in [-0.25, -0.2) is 9.59 Å². The molecule has 0 saturated carbocycles. The maximum absolute atomic E-state index is 11.0. The first-order chi connectivity index (χ1) is 6.75. The van der Waals surface area contributed by atoms with Crippen LogP contribution < -0.4 is 0 Å². The Bertz CT molecular complexity index is 283. The fourth-order valence-corrected chi connectivity index (χ4v) is 1.60. The first kappa shape index (κ1) is 11.8. The Kier molecular flexibility index (Phi) is 2.90. The van der Waals surface area contributed by atoms with Crippen LogP contribution in [-0.4, -0.2) is 46.1 Å². The average Bonchev–Trinajstić information content (AvgIpc) is 2.45. The zero-order valence-electron chi connectivity index (χ0n) is 8.93. The molecule has 6 nitrogen and oxygen atoms in total. The molecule has 2 atom stereocenters. The summed E-state index contributed by atoms with van der Waals surface area (Å²) in [4.78, 5) is 22.6. The summed E-state index contributed by atoms with van der Waals surface area (Å²) >= 11 is 0. The van der Waals surface area contributed by atoms with Gasteiger partial charge in [0.25, 0.3) is 0 Å². The summed E-state index contributed by atoms with van der Waals surface area (Å²) in [6.45, 7) is 5.32. The fraction of sp³-hybridized carbons (Fsp3) is 0.778. The second-order valence-electron chi connectivity index (χ2n) is 4.60.